The van der Waals surface area contributed by atoms with E-state index in [1.54, 1.807) is 6.20 Å². The van der Waals surface area contributed by atoms with Gasteiger partial charge in [-0.25, -0.2) is 0 Å². The molecule has 0 aromatic carbocycles. The lowest BCUT2D eigenvalue weighted by Crippen LogP contribution is -2.15. The molecule has 0 amide bonds. The van der Waals surface area contributed by atoms with Gasteiger partial charge in [-0.3, -0.25) is 4.98 Å². The van der Waals surface area contributed by atoms with Crippen molar-refractivity contribution >= 4 is 31.9 Å². The maximum Gasteiger partial charge on any atom is 0.0754 e. The molecular weight excluding hydrogens is 296 g/mol. The van der Waals surface area contributed by atoms with E-state index < -0.39 is 0 Å². The van der Waals surface area contributed by atoms with Gasteiger partial charge in [0.2, 0.25) is 0 Å². The number of nitrogens with zero attached hydrogens (tertiary/aromatic N) is 1. The van der Waals surface area contributed by atoms with Crippen molar-refractivity contribution < 1.29 is 0 Å². The average Bonchev–Trinajstić information content (AvgIpc) is 2.10. The summed E-state index contributed by atoms with van der Waals surface area (Å²) in [5.41, 5.74) is 0.945. The largest absolute Gasteiger partial charge is 0.309 e. The number of nitrogens with one attached hydrogen (secondary N) is 1. The minimum Gasteiger partial charge on any atom is -0.309 e. The molecule has 1 heterocycles. The van der Waals surface area contributed by atoms with Crippen LogP contribution in [-0.4, -0.2) is 12.0 Å². The van der Waals surface area contributed by atoms with Crippen molar-refractivity contribution in [1.29, 1.82) is 0 Å². The maximum atomic E-state index is 4.29. The third kappa shape index (κ3) is 2.62. The third-order valence-electron chi connectivity index (χ3n) is 1.68. The molecule has 70 valence electrons. The molecule has 0 aliphatic carbocycles. The summed E-state index contributed by atoms with van der Waals surface area (Å²) in [6.07, 6.45) is 3.59. The van der Waals surface area contributed by atoms with Gasteiger partial charge in [0, 0.05) is 15.1 Å². The van der Waals surface area contributed by atoms with Crippen LogP contribution >= 0.6 is 31.9 Å². The fraction of sp³-hybridized carbons (Fsp3) is 0.222. The molecule has 1 rings (SSSR count). The van der Waals surface area contributed by atoms with Gasteiger partial charge in [-0.05, 0) is 45.0 Å². The van der Waals surface area contributed by atoms with Gasteiger partial charge in [-0.2, -0.15) is 0 Å². The summed E-state index contributed by atoms with van der Waals surface area (Å²) in [7, 11) is 1.88. The summed E-state index contributed by atoms with van der Waals surface area (Å²) in [5, 5.41) is 3.10. The van der Waals surface area contributed by atoms with Crippen LogP contribution in [-0.2, 0) is 0 Å². The number of hydrogen-bond acceptors (Lipinski definition) is 2. The van der Waals surface area contributed by atoms with E-state index in [1.807, 2.05) is 19.2 Å². The lowest BCUT2D eigenvalue weighted by atomic mass is 10.2. The predicted molar refractivity (Wildman–Crippen MR) is 61.6 cm³/mol. The van der Waals surface area contributed by atoms with Crippen molar-refractivity contribution in [3.63, 3.8) is 0 Å². The standard InChI is InChI=1S/C9H10Br2N2/c1-3-8(12-2)9-7(11)4-6(10)5-13-9/h3-5,8,12H,1H2,2H3. The number of hydrogen-bond donors (Lipinski definition) is 1. The Labute approximate surface area is 94.7 Å². The summed E-state index contributed by atoms with van der Waals surface area (Å²) < 4.78 is 1.93. The number of likely N-dealkylation sites (N-methyl/N-ethyl adjacent to an activating group) is 1. The SMILES string of the molecule is C=CC(NC)c1ncc(Br)cc1Br. The van der Waals surface area contributed by atoms with Gasteiger partial charge < -0.3 is 5.32 Å². The predicted octanol–water partition coefficient (Wildman–Crippen LogP) is 3.05. The second-order valence-corrected chi connectivity index (χ2v) is 4.29. The zero-order chi connectivity index (χ0) is 9.84. The van der Waals surface area contributed by atoms with E-state index >= 15 is 0 Å². The smallest absolute Gasteiger partial charge is 0.0754 e. The fourth-order valence-electron chi connectivity index (χ4n) is 1.02. The second kappa shape index (κ2) is 4.88. The van der Waals surface area contributed by atoms with Gasteiger partial charge in [0.25, 0.3) is 0 Å². The lowest BCUT2D eigenvalue weighted by Gasteiger charge is -2.12. The van der Waals surface area contributed by atoms with Crippen LogP contribution in [0.3, 0.4) is 0 Å². The molecule has 1 aromatic heterocycles. The van der Waals surface area contributed by atoms with E-state index in [-0.39, 0.29) is 6.04 Å². The highest BCUT2D eigenvalue weighted by atomic mass is 79.9. The van der Waals surface area contributed by atoms with E-state index in [2.05, 4.69) is 48.7 Å². The molecule has 0 aliphatic heterocycles. The van der Waals surface area contributed by atoms with E-state index in [4.69, 9.17) is 0 Å². The van der Waals surface area contributed by atoms with E-state index in [9.17, 15) is 0 Å². The summed E-state index contributed by atoms with van der Waals surface area (Å²) in [5.74, 6) is 0. The van der Waals surface area contributed by atoms with Crippen molar-refractivity contribution in [2.24, 2.45) is 0 Å². The Balaban J connectivity index is 3.06. The van der Waals surface area contributed by atoms with Gasteiger partial charge in [-0.1, -0.05) is 6.08 Å². The van der Waals surface area contributed by atoms with Crippen LogP contribution in [0.25, 0.3) is 0 Å². The van der Waals surface area contributed by atoms with Crippen LogP contribution < -0.4 is 5.32 Å². The Bertz CT molecular complexity index is 312. The first-order valence-electron chi connectivity index (χ1n) is 3.79. The Morgan fingerprint density at radius 1 is 1.62 bits per heavy atom. The summed E-state index contributed by atoms with van der Waals surface area (Å²) in [6, 6.07) is 2.05. The minimum atomic E-state index is 0.0856. The van der Waals surface area contributed by atoms with Crippen LogP contribution in [0.2, 0.25) is 0 Å². The first kappa shape index (κ1) is 10.9. The second-order valence-electron chi connectivity index (χ2n) is 2.52. The molecule has 0 bridgehead atoms. The third-order valence-corrected chi connectivity index (χ3v) is 2.75. The van der Waals surface area contributed by atoms with Crippen LogP contribution in [0.15, 0.2) is 33.9 Å². The van der Waals surface area contributed by atoms with Crippen molar-refractivity contribution in [3.05, 3.63) is 39.6 Å². The molecule has 4 heteroatoms. The molecule has 0 saturated carbocycles. The van der Waals surface area contributed by atoms with Crippen LogP contribution in [0.1, 0.15) is 11.7 Å². The highest BCUT2D eigenvalue weighted by Gasteiger charge is 2.10. The van der Waals surface area contributed by atoms with Crippen LogP contribution in [0.4, 0.5) is 0 Å². The molecule has 0 aliphatic rings. The normalized spacial score (nSPS) is 12.5. The highest BCUT2D eigenvalue weighted by molar-refractivity contribution is 9.11. The number of aromatic nitrogens is 1. The molecular formula is C9H10Br2N2. The molecule has 2 nitrogen and oxygen atoms in total. The Kier molecular flexibility index (Phi) is 4.09. The molecule has 0 spiro atoms. The van der Waals surface area contributed by atoms with Gasteiger partial charge in [-0.15, -0.1) is 6.58 Å². The summed E-state index contributed by atoms with van der Waals surface area (Å²) in [4.78, 5) is 4.29. The molecule has 1 N–H and O–H groups in total. The Morgan fingerprint density at radius 3 is 2.77 bits per heavy atom. The quantitative estimate of drug-likeness (QED) is 0.868. The topological polar surface area (TPSA) is 24.9 Å². The van der Waals surface area contributed by atoms with Gasteiger partial charge in [0.1, 0.15) is 0 Å². The van der Waals surface area contributed by atoms with E-state index in [0.717, 1.165) is 14.6 Å². The Hall–Kier alpha value is -0.190. The summed E-state index contributed by atoms with van der Waals surface area (Å²) >= 11 is 6.80. The Morgan fingerprint density at radius 2 is 2.31 bits per heavy atom. The molecule has 0 radical (unpaired) electrons. The molecule has 1 atom stereocenters. The fourth-order valence-corrected chi connectivity index (χ4v) is 2.25. The summed E-state index contributed by atoms with van der Waals surface area (Å²) in [6.45, 7) is 3.74. The van der Waals surface area contributed by atoms with Gasteiger partial charge in [0.15, 0.2) is 0 Å². The lowest BCUT2D eigenvalue weighted by molar-refractivity contribution is 0.690. The average molecular weight is 306 g/mol. The van der Waals surface area contributed by atoms with Gasteiger partial charge >= 0.3 is 0 Å². The highest BCUT2D eigenvalue weighted by Crippen LogP contribution is 2.24. The van der Waals surface area contributed by atoms with E-state index in [0.29, 0.717) is 0 Å². The minimum absolute atomic E-state index is 0.0856. The van der Waals surface area contributed by atoms with Crippen LogP contribution in [0, 0.1) is 0 Å². The first-order chi connectivity index (χ1) is 6.19. The molecule has 0 saturated heterocycles. The van der Waals surface area contributed by atoms with Crippen molar-refractivity contribution in [2.75, 3.05) is 7.05 Å². The number of halogens is 2. The molecule has 1 unspecified atom stereocenters. The molecule has 1 aromatic rings. The molecule has 0 fully saturated rings. The first-order valence-corrected chi connectivity index (χ1v) is 5.38. The van der Waals surface area contributed by atoms with E-state index in [1.165, 1.54) is 0 Å². The zero-order valence-electron chi connectivity index (χ0n) is 7.22. The van der Waals surface area contributed by atoms with Crippen molar-refractivity contribution in [3.8, 4) is 0 Å². The van der Waals surface area contributed by atoms with Crippen molar-refractivity contribution in [1.82, 2.24) is 10.3 Å². The monoisotopic (exact) mass is 304 g/mol. The number of pyridine rings is 1. The van der Waals surface area contributed by atoms with Crippen molar-refractivity contribution in [2.45, 2.75) is 6.04 Å². The maximum absolute atomic E-state index is 4.29. The zero-order valence-corrected chi connectivity index (χ0v) is 10.4. The van der Waals surface area contributed by atoms with Crippen LogP contribution in [0.5, 0.6) is 0 Å². The molecule has 13 heavy (non-hydrogen) atoms. The number of rotatable bonds is 3. The van der Waals surface area contributed by atoms with Gasteiger partial charge in [0.05, 0.1) is 11.7 Å².